The second-order valence-electron chi connectivity index (χ2n) is 3.18. The summed E-state index contributed by atoms with van der Waals surface area (Å²) in [5, 5.41) is 5.57. The molecule has 0 bridgehead atoms. The zero-order valence-electron chi connectivity index (χ0n) is 8.05. The molecule has 2 aromatic rings. The summed E-state index contributed by atoms with van der Waals surface area (Å²) in [5.74, 6) is -0.752. The summed E-state index contributed by atoms with van der Waals surface area (Å²) >= 11 is 0. The van der Waals surface area contributed by atoms with Gasteiger partial charge in [-0.2, -0.15) is 5.10 Å². The molecular weight excluding hydrogens is 219 g/mol. The van der Waals surface area contributed by atoms with E-state index in [1.165, 1.54) is 18.2 Å². The summed E-state index contributed by atoms with van der Waals surface area (Å²) in [7, 11) is 0. The van der Waals surface area contributed by atoms with Gasteiger partial charge in [0.05, 0.1) is 5.56 Å². The quantitative estimate of drug-likeness (QED) is 0.828. The highest BCUT2D eigenvalue weighted by molar-refractivity contribution is 5.76. The monoisotopic (exact) mass is 227 g/mol. The van der Waals surface area contributed by atoms with Crippen LogP contribution in [0.25, 0.3) is 11.1 Å². The third kappa shape index (κ3) is 1.62. The average molecular weight is 227 g/mol. The van der Waals surface area contributed by atoms with Crippen LogP contribution in [0.2, 0.25) is 0 Å². The minimum Gasteiger partial charge on any atom is -0.382 e. The standard InChI is InChI=1S/C10H8F3N3/c11-6-4-2-1-3-5(6)7-8(9(12)13)15-16-10(7)14/h1-4,9H,(H3,14,15,16). The molecule has 1 aromatic heterocycles. The van der Waals surface area contributed by atoms with E-state index in [-0.39, 0.29) is 16.9 Å². The molecule has 0 fully saturated rings. The van der Waals surface area contributed by atoms with Crippen molar-refractivity contribution >= 4 is 5.82 Å². The Kier molecular flexibility index (Phi) is 2.55. The molecule has 0 atom stereocenters. The van der Waals surface area contributed by atoms with Crippen molar-refractivity contribution in [3.8, 4) is 11.1 Å². The zero-order chi connectivity index (χ0) is 11.7. The number of nitrogens with two attached hydrogens (primary N) is 1. The zero-order valence-corrected chi connectivity index (χ0v) is 8.05. The van der Waals surface area contributed by atoms with Crippen molar-refractivity contribution in [3.63, 3.8) is 0 Å². The van der Waals surface area contributed by atoms with E-state index >= 15 is 0 Å². The lowest BCUT2D eigenvalue weighted by atomic mass is 10.1. The summed E-state index contributed by atoms with van der Waals surface area (Å²) in [5.41, 5.74) is 4.91. The molecule has 0 aliphatic rings. The van der Waals surface area contributed by atoms with Crippen LogP contribution < -0.4 is 5.73 Å². The Morgan fingerprint density at radius 2 is 1.94 bits per heavy atom. The van der Waals surface area contributed by atoms with Crippen LogP contribution in [0.15, 0.2) is 24.3 Å². The van der Waals surface area contributed by atoms with Crippen LogP contribution in [0.1, 0.15) is 12.1 Å². The molecule has 0 aliphatic heterocycles. The van der Waals surface area contributed by atoms with Crippen LogP contribution in [-0.4, -0.2) is 10.2 Å². The van der Waals surface area contributed by atoms with Crippen molar-refractivity contribution in [1.29, 1.82) is 0 Å². The lowest BCUT2D eigenvalue weighted by Gasteiger charge is -2.04. The number of halogens is 3. The van der Waals surface area contributed by atoms with Gasteiger partial charge in [-0.3, -0.25) is 5.10 Å². The molecule has 0 unspecified atom stereocenters. The fraction of sp³-hybridized carbons (Fsp3) is 0.100. The molecule has 84 valence electrons. The highest BCUT2D eigenvalue weighted by Crippen LogP contribution is 2.34. The second-order valence-corrected chi connectivity index (χ2v) is 3.18. The normalized spacial score (nSPS) is 11.0. The van der Waals surface area contributed by atoms with Crippen molar-refractivity contribution in [2.24, 2.45) is 0 Å². The Balaban J connectivity index is 2.64. The third-order valence-electron chi connectivity index (χ3n) is 2.18. The Labute approximate surface area is 89.1 Å². The predicted molar refractivity (Wildman–Crippen MR) is 53.4 cm³/mol. The van der Waals surface area contributed by atoms with Crippen LogP contribution in [0.3, 0.4) is 0 Å². The Morgan fingerprint density at radius 3 is 2.56 bits per heavy atom. The number of rotatable bonds is 2. The van der Waals surface area contributed by atoms with Gasteiger partial charge in [0.25, 0.3) is 6.43 Å². The molecule has 2 rings (SSSR count). The van der Waals surface area contributed by atoms with E-state index in [2.05, 4.69) is 10.2 Å². The van der Waals surface area contributed by atoms with E-state index in [0.29, 0.717) is 0 Å². The van der Waals surface area contributed by atoms with Crippen LogP contribution in [-0.2, 0) is 0 Å². The van der Waals surface area contributed by atoms with E-state index in [0.717, 1.165) is 0 Å². The number of hydrogen-bond donors (Lipinski definition) is 2. The molecule has 1 aromatic carbocycles. The van der Waals surface area contributed by atoms with Gasteiger partial charge < -0.3 is 5.73 Å². The number of alkyl halides is 2. The van der Waals surface area contributed by atoms with Crippen molar-refractivity contribution in [3.05, 3.63) is 35.8 Å². The first-order chi connectivity index (χ1) is 7.61. The lowest BCUT2D eigenvalue weighted by Crippen LogP contribution is -1.93. The minimum atomic E-state index is -2.78. The topological polar surface area (TPSA) is 54.7 Å². The third-order valence-corrected chi connectivity index (χ3v) is 2.18. The summed E-state index contributed by atoms with van der Waals surface area (Å²) in [6.45, 7) is 0. The molecule has 0 saturated heterocycles. The number of nitrogen functional groups attached to an aromatic ring is 1. The highest BCUT2D eigenvalue weighted by Gasteiger charge is 2.22. The summed E-state index contributed by atoms with van der Waals surface area (Å²) < 4.78 is 38.7. The average Bonchev–Trinajstić information content (AvgIpc) is 2.61. The van der Waals surface area contributed by atoms with Crippen LogP contribution in [0.4, 0.5) is 19.0 Å². The highest BCUT2D eigenvalue weighted by atomic mass is 19.3. The maximum Gasteiger partial charge on any atom is 0.280 e. The molecular formula is C10H8F3N3. The molecule has 3 nitrogen and oxygen atoms in total. The number of benzene rings is 1. The van der Waals surface area contributed by atoms with Crippen LogP contribution in [0, 0.1) is 5.82 Å². The predicted octanol–water partition coefficient (Wildman–Crippen LogP) is 2.74. The van der Waals surface area contributed by atoms with Crippen molar-refractivity contribution in [1.82, 2.24) is 10.2 Å². The van der Waals surface area contributed by atoms with Gasteiger partial charge in [0.15, 0.2) is 5.82 Å². The number of aromatic amines is 1. The molecule has 0 amide bonds. The molecule has 16 heavy (non-hydrogen) atoms. The van der Waals surface area contributed by atoms with E-state index < -0.39 is 17.9 Å². The molecule has 0 aliphatic carbocycles. The van der Waals surface area contributed by atoms with Crippen LogP contribution in [0.5, 0.6) is 0 Å². The first-order valence-electron chi connectivity index (χ1n) is 4.48. The van der Waals surface area contributed by atoms with Crippen molar-refractivity contribution < 1.29 is 13.2 Å². The Hall–Kier alpha value is -1.98. The molecule has 0 spiro atoms. The molecule has 3 N–H and O–H groups in total. The molecule has 0 radical (unpaired) electrons. The molecule has 6 heteroatoms. The number of nitrogens with zero attached hydrogens (tertiary/aromatic N) is 1. The first-order valence-corrected chi connectivity index (χ1v) is 4.48. The SMILES string of the molecule is Nc1n[nH]c(C(F)F)c1-c1ccccc1F. The van der Waals surface area contributed by atoms with Crippen molar-refractivity contribution in [2.45, 2.75) is 6.43 Å². The van der Waals surface area contributed by atoms with Gasteiger partial charge in [0.2, 0.25) is 0 Å². The van der Waals surface area contributed by atoms with Gasteiger partial charge in [0.1, 0.15) is 11.5 Å². The van der Waals surface area contributed by atoms with Gasteiger partial charge >= 0.3 is 0 Å². The Morgan fingerprint density at radius 1 is 1.25 bits per heavy atom. The van der Waals surface area contributed by atoms with Gasteiger partial charge in [-0.1, -0.05) is 18.2 Å². The van der Waals surface area contributed by atoms with E-state index in [4.69, 9.17) is 5.73 Å². The summed E-state index contributed by atoms with van der Waals surface area (Å²) in [6.07, 6.45) is -2.78. The summed E-state index contributed by atoms with van der Waals surface area (Å²) in [6, 6.07) is 5.57. The van der Waals surface area contributed by atoms with Gasteiger partial charge in [-0.15, -0.1) is 0 Å². The fourth-order valence-corrected chi connectivity index (χ4v) is 1.48. The lowest BCUT2D eigenvalue weighted by molar-refractivity contribution is 0.146. The summed E-state index contributed by atoms with van der Waals surface area (Å²) in [4.78, 5) is 0. The van der Waals surface area contributed by atoms with E-state index in [1.807, 2.05) is 0 Å². The first kappa shape index (κ1) is 10.5. The molecule has 1 heterocycles. The largest absolute Gasteiger partial charge is 0.382 e. The maximum atomic E-state index is 13.4. The smallest absolute Gasteiger partial charge is 0.280 e. The minimum absolute atomic E-state index is 0.0176. The number of aromatic nitrogens is 2. The van der Waals surface area contributed by atoms with Crippen LogP contribution >= 0.6 is 0 Å². The van der Waals surface area contributed by atoms with Gasteiger partial charge in [-0.25, -0.2) is 13.2 Å². The number of nitrogens with one attached hydrogen (secondary N) is 1. The van der Waals surface area contributed by atoms with Crippen molar-refractivity contribution in [2.75, 3.05) is 5.73 Å². The maximum absolute atomic E-state index is 13.4. The van der Waals surface area contributed by atoms with E-state index in [1.54, 1.807) is 6.07 Å². The molecule has 0 saturated carbocycles. The number of hydrogen-bond acceptors (Lipinski definition) is 2. The number of H-pyrrole nitrogens is 1. The van der Waals surface area contributed by atoms with Gasteiger partial charge in [-0.05, 0) is 6.07 Å². The Bertz CT molecular complexity index is 508. The van der Waals surface area contributed by atoms with E-state index in [9.17, 15) is 13.2 Å². The second kappa shape index (κ2) is 3.88. The number of anilines is 1. The van der Waals surface area contributed by atoms with Gasteiger partial charge in [0, 0.05) is 5.56 Å². The fourth-order valence-electron chi connectivity index (χ4n) is 1.48.